The van der Waals surface area contributed by atoms with Crippen LogP contribution in [0.1, 0.15) is 25.8 Å². The molecule has 0 bridgehead atoms. The molecule has 1 aromatic rings. The predicted molar refractivity (Wildman–Crippen MR) is 86.6 cm³/mol. The molecule has 0 saturated carbocycles. The first-order valence-corrected chi connectivity index (χ1v) is 8.21. The molecule has 0 fully saturated rings. The minimum Gasteiger partial charge on any atom is -0.465 e. The van der Waals surface area contributed by atoms with E-state index in [4.69, 9.17) is 9.47 Å². The SMILES string of the molecule is CCOC(=O)C(CC)Sc1ccc(CNCCOC)cc1. The third kappa shape index (κ3) is 6.98. The summed E-state index contributed by atoms with van der Waals surface area (Å²) in [6, 6.07) is 8.28. The van der Waals surface area contributed by atoms with Crippen LogP contribution in [0.25, 0.3) is 0 Å². The van der Waals surface area contributed by atoms with Crippen LogP contribution in [-0.2, 0) is 20.8 Å². The van der Waals surface area contributed by atoms with E-state index in [0.29, 0.717) is 13.2 Å². The maximum atomic E-state index is 11.8. The Balaban J connectivity index is 2.47. The molecule has 0 aliphatic carbocycles. The summed E-state index contributed by atoms with van der Waals surface area (Å²) in [5.74, 6) is -0.129. The number of esters is 1. The van der Waals surface area contributed by atoms with E-state index < -0.39 is 0 Å². The minimum atomic E-state index is -0.129. The van der Waals surface area contributed by atoms with Crippen molar-refractivity contribution < 1.29 is 14.3 Å². The molecule has 0 spiro atoms. The van der Waals surface area contributed by atoms with Gasteiger partial charge in [-0.05, 0) is 31.0 Å². The Morgan fingerprint density at radius 2 is 2.00 bits per heavy atom. The third-order valence-corrected chi connectivity index (χ3v) is 4.29. The van der Waals surface area contributed by atoms with Crippen LogP contribution < -0.4 is 5.32 Å². The molecule has 1 unspecified atom stereocenters. The first-order valence-electron chi connectivity index (χ1n) is 7.33. The number of benzene rings is 1. The maximum absolute atomic E-state index is 11.8. The van der Waals surface area contributed by atoms with Gasteiger partial charge in [0, 0.05) is 25.1 Å². The summed E-state index contributed by atoms with van der Waals surface area (Å²) >= 11 is 1.56. The molecule has 5 heteroatoms. The smallest absolute Gasteiger partial charge is 0.319 e. The van der Waals surface area contributed by atoms with Gasteiger partial charge in [0.2, 0.25) is 0 Å². The molecule has 0 aliphatic rings. The number of thioether (sulfide) groups is 1. The van der Waals surface area contributed by atoms with Crippen molar-refractivity contribution in [2.45, 2.75) is 37.0 Å². The van der Waals surface area contributed by atoms with Crippen molar-refractivity contribution in [2.75, 3.05) is 26.9 Å². The number of ether oxygens (including phenoxy) is 2. The van der Waals surface area contributed by atoms with Crippen LogP contribution >= 0.6 is 11.8 Å². The molecular formula is C16H25NO3S. The number of carbonyl (C=O) groups is 1. The van der Waals surface area contributed by atoms with E-state index in [1.807, 2.05) is 13.8 Å². The molecule has 4 nitrogen and oxygen atoms in total. The summed E-state index contributed by atoms with van der Waals surface area (Å²) in [6.45, 7) is 6.65. The van der Waals surface area contributed by atoms with E-state index in [0.717, 1.165) is 24.4 Å². The van der Waals surface area contributed by atoms with E-state index in [9.17, 15) is 4.79 Å². The Labute approximate surface area is 131 Å². The van der Waals surface area contributed by atoms with Gasteiger partial charge < -0.3 is 14.8 Å². The molecule has 21 heavy (non-hydrogen) atoms. The number of methoxy groups -OCH3 is 1. The van der Waals surface area contributed by atoms with Gasteiger partial charge in [0.25, 0.3) is 0 Å². The maximum Gasteiger partial charge on any atom is 0.319 e. The normalized spacial score (nSPS) is 12.1. The van der Waals surface area contributed by atoms with Crippen molar-refractivity contribution in [3.05, 3.63) is 29.8 Å². The van der Waals surface area contributed by atoms with Crippen LogP contribution in [0.5, 0.6) is 0 Å². The summed E-state index contributed by atoms with van der Waals surface area (Å²) in [5.41, 5.74) is 1.22. The Kier molecular flexibility index (Phi) is 9.14. The van der Waals surface area contributed by atoms with Crippen molar-refractivity contribution in [1.82, 2.24) is 5.32 Å². The van der Waals surface area contributed by atoms with Gasteiger partial charge >= 0.3 is 5.97 Å². The molecule has 1 aromatic carbocycles. The van der Waals surface area contributed by atoms with Gasteiger partial charge in [0.15, 0.2) is 0 Å². The lowest BCUT2D eigenvalue weighted by Crippen LogP contribution is -2.19. The Morgan fingerprint density at radius 3 is 2.57 bits per heavy atom. The van der Waals surface area contributed by atoms with Crippen LogP contribution in [0.4, 0.5) is 0 Å². The zero-order valence-electron chi connectivity index (χ0n) is 13.1. The summed E-state index contributed by atoms with van der Waals surface area (Å²) in [6.07, 6.45) is 0.768. The fourth-order valence-electron chi connectivity index (χ4n) is 1.79. The number of carbonyl (C=O) groups excluding carboxylic acids is 1. The third-order valence-electron chi connectivity index (χ3n) is 2.93. The summed E-state index contributed by atoms with van der Waals surface area (Å²) in [5, 5.41) is 3.17. The highest BCUT2D eigenvalue weighted by Crippen LogP contribution is 2.26. The summed E-state index contributed by atoms with van der Waals surface area (Å²) < 4.78 is 10.1. The fourth-order valence-corrected chi connectivity index (χ4v) is 2.74. The predicted octanol–water partition coefficient (Wildman–Crippen LogP) is 2.86. The zero-order chi connectivity index (χ0) is 15.5. The van der Waals surface area contributed by atoms with E-state index in [1.54, 1.807) is 18.9 Å². The number of rotatable bonds is 10. The fraction of sp³-hybridized carbons (Fsp3) is 0.562. The molecule has 0 heterocycles. The van der Waals surface area contributed by atoms with Gasteiger partial charge in [0.1, 0.15) is 5.25 Å². The largest absolute Gasteiger partial charge is 0.465 e. The molecule has 1 atom stereocenters. The first kappa shape index (κ1) is 18.0. The second-order valence-electron chi connectivity index (χ2n) is 4.58. The number of hydrogen-bond acceptors (Lipinski definition) is 5. The van der Waals surface area contributed by atoms with Crippen LogP contribution in [0.2, 0.25) is 0 Å². The number of nitrogens with one attached hydrogen (secondary N) is 1. The van der Waals surface area contributed by atoms with Gasteiger partial charge in [-0.15, -0.1) is 11.8 Å². The lowest BCUT2D eigenvalue weighted by molar-refractivity contribution is -0.142. The quantitative estimate of drug-likeness (QED) is 0.409. The molecule has 1 rings (SSSR count). The molecule has 0 radical (unpaired) electrons. The molecule has 118 valence electrons. The van der Waals surface area contributed by atoms with Crippen LogP contribution in [0.15, 0.2) is 29.2 Å². The Bertz CT molecular complexity index is 408. The van der Waals surface area contributed by atoms with Crippen molar-refractivity contribution in [3.63, 3.8) is 0 Å². The van der Waals surface area contributed by atoms with Crippen molar-refractivity contribution in [2.24, 2.45) is 0 Å². The Hall–Kier alpha value is -1.04. The van der Waals surface area contributed by atoms with E-state index in [2.05, 4.69) is 29.6 Å². The molecular weight excluding hydrogens is 286 g/mol. The average Bonchev–Trinajstić information content (AvgIpc) is 2.50. The molecule has 1 N–H and O–H groups in total. The summed E-state index contributed by atoms with van der Waals surface area (Å²) in [7, 11) is 1.70. The minimum absolute atomic E-state index is 0.129. The second-order valence-corrected chi connectivity index (χ2v) is 5.86. The van der Waals surface area contributed by atoms with Crippen LogP contribution in [0, 0.1) is 0 Å². The Morgan fingerprint density at radius 1 is 1.29 bits per heavy atom. The van der Waals surface area contributed by atoms with Crippen molar-refractivity contribution in [1.29, 1.82) is 0 Å². The topological polar surface area (TPSA) is 47.6 Å². The highest BCUT2D eigenvalue weighted by Gasteiger charge is 2.18. The monoisotopic (exact) mass is 311 g/mol. The van der Waals surface area contributed by atoms with Gasteiger partial charge in [-0.3, -0.25) is 4.79 Å². The molecule has 0 amide bonds. The molecule has 0 aromatic heterocycles. The lowest BCUT2D eigenvalue weighted by Gasteiger charge is -2.13. The van der Waals surface area contributed by atoms with Gasteiger partial charge in [0.05, 0.1) is 13.2 Å². The highest BCUT2D eigenvalue weighted by molar-refractivity contribution is 8.00. The molecule has 0 aliphatic heterocycles. The van der Waals surface area contributed by atoms with Gasteiger partial charge in [-0.25, -0.2) is 0 Å². The highest BCUT2D eigenvalue weighted by atomic mass is 32.2. The van der Waals surface area contributed by atoms with Crippen LogP contribution in [0.3, 0.4) is 0 Å². The van der Waals surface area contributed by atoms with Crippen molar-refractivity contribution >= 4 is 17.7 Å². The van der Waals surface area contributed by atoms with Gasteiger partial charge in [-0.1, -0.05) is 19.1 Å². The van der Waals surface area contributed by atoms with E-state index in [-0.39, 0.29) is 11.2 Å². The van der Waals surface area contributed by atoms with Crippen molar-refractivity contribution in [3.8, 4) is 0 Å². The van der Waals surface area contributed by atoms with E-state index >= 15 is 0 Å². The second kappa shape index (κ2) is 10.7. The first-order chi connectivity index (χ1) is 10.2. The summed E-state index contributed by atoms with van der Waals surface area (Å²) in [4.78, 5) is 12.9. The lowest BCUT2D eigenvalue weighted by atomic mass is 10.2. The number of hydrogen-bond donors (Lipinski definition) is 1. The zero-order valence-corrected chi connectivity index (χ0v) is 13.9. The standard InChI is InChI=1S/C16H25NO3S/c1-4-15(16(18)20-5-2)21-14-8-6-13(7-9-14)12-17-10-11-19-3/h6-9,15,17H,4-5,10-12H2,1-3H3. The molecule has 0 saturated heterocycles. The van der Waals surface area contributed by atoms with Crippen LogP contribution in [-0.4, -0.2) is 38.1 Å². The average molecular weight is 311 g/mol. The van der Waals surface area contributed by atoms with Gasteiger partial charge in [-0.2, -0.15) is 0 Å². The van der Waals surface area contributed by atoms with E-state index in [1.165, 1.54) is 5.56 Å².